The SMILES string of the molecule is O=C(O)CNC(=O)c1c(O)[nH]c2cc3c(c-2c1O)N=NC(Cc1cc(C(F)(F)F)cc(C(F)(F)F)c1)C3. The molecule has 0 aromatic heterocycles. The molecule has 5 N–H and O–H groups in total. The van der Waals surface area contributed by atoms with E-state index in [-0.39, 0.29) is 41.4 Å². The first kappa shape index (κ1) is 25.8. The van der Waals surface area contributed by atoms with Gasteiger partial charge in [0.1, 0.15) is 23.5 Å². The summed E-state index contributed by atoms with van der Waals surface area (Å²) in [7, 11) is 0. The Kier molecular flexibility index (Phi) is 6.25. The molecule has 1 aromatic carbocycles. The number of hydrogen-bond donors (Lipinski definition) is 5. The number of aromatic amines is 1. The van der Waals surface area contributed by atoms with Crippen molar-refractivity contribution >= 4 is 17.6 Å². The largest absolute Gasteiger partial charge is 0.506 e. The predicted octanol–water partition coefficient (Wildman–Crippen LogP) is 4.63. The van der Waals surface area contributed by atoms with Crippen molar-refractivity contribution < 1.29 is 51.3 Å². The molecule has 0 saturated carbocycles. The third-order valence-corrected chi connectivity index (χ3v) is 5.61. The number of nitrogens with zero attached hydrogens (tertiary/aromatic N) is 2. The maximum atomic E-state index is 13.2. The van der Waals surface area contributed by atoms with Gasteiger partial charge in [-0.05, 0) is 48.2 Å². The fourth-order valence-electron chi connectivity index (χ4n) is 4.05. The van der Waals surface area contributed by atoms with E-state index in [2.05, 4.69) is 15.2 Å². The van der Waals surface area contributed by atoms with Crippen molar-refractivity contribution in [3.8, 4) is 22.9 Å². The van der Waals surface area contributed by atoms with Crippen molar-refractivity contribution in [1.82, 2.24) is 10.3 Å². The molecule has 37 heavy (non-hydrogen) atoms. The number of carboxylic acids is 1. The van der Waals surface area contributed by atoms with Gasteiger partial charge in [0.05, 0.1) is 28.4 Å². The average Bonchev–Trinajstić information content (AvgIpc) is 3.13. The Bertz CT molecular complexity index is 1360. The second-order valence-corrected chi connectivity index (χ2v) is 8.27. The number of carbonyl (C=O) groups excluding carboxylic acids is 1. The zero-order valence-corrected chi connectivity index (χ0v) is 18.3. The number of aromatic hydroxyl groups is 2. The molecule has 15 heteroatoms. The summed E-state index contributed by atoms with van der Waals surface area (Å²) in [6, 6.07) is 1.84. The van der Waals surface area contributed by atoms with E-state index in [4.69, 9.17) is 5.11 Å². The first-order valence-electron chi connectivity index (χ1n) is 10.4. The predicted molar refractivity (Wildman–Crippen MR) is 113 cm³/mol. The Labute approximate surface area is 202 Å². The monoisotopic (exact) mass is 530 g/mol. The van der Waals surface area contributed by atoms with Crippen molar-refractivity contribution in [1.29, 1.82) is 0 Å². The minimum Gasteiger partial charge on any atom is -0.506 e. The summed E-state index contributed by atoms with van der Waals surface area (Å²) in [5.41, 5.74) is -3.25. The fraction of sp³-hybridized carbons (Fsp3) is 0.273. The van der Waals surface area contributed by atoms with E-state index in [1.165, 1.54) is 6.07 Å². The Morgan fingerprint density at radius 1 is 1.03 bits per heavy atom. The van der Waals surface area contributed by atoms with Gasteiger partial charge in [-0.3, -0.25) is 9.59 Å². The third-order valence-electron chi connectivity index (χ3n) is 5.61. The van der Waals surface area contributed by atoms with Gasteiger partial charge in [-0.15, -0.1) is 0 Å². The summed E-state index contributed by atoms with van der Waals surface area (Å²) in [5.74, 6) is -3.96. The molecule has 1 unspecified atom stereocenters. The molecular weight excluding hydrogens is 514 g/mol. The molecule has 0 saturated heterocycles. The summed E-state index contributed by atoms with van der Waals surface area (Å²) >= 11 is 0. The van der Waals surface area contributed by atoms with E-state index in [1.807, 2.05) is 5.32 Å². The van der Waals surface area contributed by atoms with Crippen molar-refractivity contribution in [2.45, 2.75) is 31.2 Å². The van der Waals surface area contributed by atoms with Crippen LogP contribution in [0.4, 0.5) is 32.0 Å². The molecule has 1 amide bonds. The maximum Gasteiger partial charge on any atom is 0.416 e. The highest BCUT2D eigenvalue weighted by Gasteiger charge is 2.37. The highest BCUT2D eigenvalue weighted by atomic mass is 19.4. The molecule has 1 atom stereocenters. The van der Waals surface area contributed by atoms with Crippen molar-refractivity contribution in [3.63, 3.8) is 0 Å². The summed E-state index contributed by atoms with van der Waals surface area (Å²) in [6.07, 6.45) is -10.3. The van der Waals surface area contributed by atoms with Gasteiger partial charge in [-0.2, -0.15) is 36.6 Å². The van der Waals surface area contributed by atoms with Gasteiger partial charge in [0.2, 0.25) is 5.88 Å². The van der Waals surface area contributed by atoms with Gasteiger partial charge in [0, 0.05) is 0 Å². The highest BCUT2D eigenvalue weighted by molar-refractivity contribution is 6.04. The zero-order chi connectivity index (χ0) is 27.3. The number of azo groups is 1. The molecular formula is C22H16F6N4O5. The number of halogens is 6. The third kappa shape index (κ3) is 5.15. The lowest BCUT2D eigenvalue weighted by Crippen LogP contribution is -2.29. The van der Waals surface area contributed by atoms with Crippen molar-refractivity contribution in [2.75, 3.05) is 6.54 Å². The number of alkyl halides is 6. The topological polar surface area (TPSA) is 147 Å². The lowest BCUT2D eigenvalue weighted by Gasteiger charge is -2.18. The quantitative estimate of drug-likeness (QED) is 0.305. The van der Waals surface area contributed by atoms with Crippen LogP contribution in [0.25, 0.3) is 11.3 Å². The first-order chi connectivity index (χ1) is 17.1. The van der Waals surface area contributed by atoms with E-state index < -0.39 is 65.1 Å². The van der Waals surface area contributed by atoms with Crippen LogP contribution in [0.3, 0.4) is 0 Å². The number of aromatic nitrogens is 1. The minimum atomic E-state index is -5.00. The van der Waals surface area contributed by atoms with Crippen LogP contribution in [-0.4, -0.2) is 44.8 Å². The van der Waals surface area contributed by atoms with Crippen LogP contribution in [0.5, 0.6) is 11.6 Å². The fourth-order valence-corrected chi connectivity index (χ4v) is 4.05. The van der Waals surface area contributed by atoms with Crippen LogP contribution in [0.2, 0.25) is 0 Å². The van der Waals surface area contributed by atoms with E-state index in [0.29, 0.717) is 17.7 Å². The lowest BCUT2D eigenvalue weighted by atomic mass is 9.96. The number of carboxylic acid groups (broad SMARTS) is 1. The summed E-state index contributed by atoms with van der Waals surface area (Å²) in [6.45, 7) is -0.790. The normalized spacial score (nSPS) is 15.6. The number of nitrogens with one attached hydrogen (secondary N) is 2. The van der Waals surface area contributed by atoms with Gasteiger partial charge in [-0.25, -0.2) is 0 Å². The number of H-pyrrole nitrogens is 1. The van der Waals surface area contributed by atoms with Crippen LogP contribution in [-0.2, 0) is 30.0 Å². The molecule has 0 radical (unpaired) electrons. The Hall–Kier alpha value is -4.30. The molecule has 2 heterocycles. The lowest BCUT2D eigenvalue weighted by molar-refractivity contribution is -0.143. The number of carbonyl (C=O) groups is 2. The van der Waals surface area contributed by atoms with E-state index in [0.717, 1.165) is 0 Å². The molecule has 2 aliphatic heterocycles. The Balaban J connectivity index is 1.66. The molecule has 3 aliphatic rings. The van der Waals surface area contributed by atoms with Crippen LogP contribution in [0, 0.1) is 0 Å². The van der Waals surface area contributed by atoms with Crippen molar-refractivity contribution in [3.05, 3.63) is 52.1 Å². The van der Waals surface area contributed by atoms with Crippen LogP contribution >= 0.6 is 0 Å². The Morgan fingerprint density at radius 2 is 1.65 bits per heavy atom. The smallest absolute Gasteiger partial charge is 0.416 e. The minimum absolute atomic E-state index is 0.0136. The number of fused-ring (bicyclic) bond motifs is 3. The number of pyridine rings is 1. The van der Waals surface area contributed by atoms with Gasteiger partial charge >= 0.3 is 18.3 Å². The molecule has 4 rings (SSSR count). The number of aliphatic carboxylic acids is 1. The summed E-state index contributed by atoms with van der Waals surface area (Å²) in [4.78, 5) is 25.4. The Morgan fingerprint density at radius 3 is 2.22 bits per heavy atom. The van der Waals surface area contributed by atoms with Crippen LogP contribution in [0.15, 0.2) is 34.5 Å². The number of amides is 1. The number of rotatable bonds is 5. The van der Waals surface area contributed by atoms with Gasteiger partial charge in [0.25, 0.3) is 5.91 Å². The molecule has 9 nitrogen and oxygen atoms in total. The van der Waals surface area contributed by atoms with Gasteiger partial charge in [0.15, 0.2) is 0 Å². The molecule has 196 valence electrons. The van der Waals surface area contributed by atoms with E-state index in [9.17, 15) is 46.1 Å². The molecule has 1 aliphatic carbocycles. The summed E-state index contributed by atoms with van der Waals surface area (Å²) < 4.78 is 79.0. The average molecular weight is 530 g/mol. The van der Waals surface area contributed by atoms with E-state index >= 15 is 0 Å². The molecule has 0 bridgehead atoms. The second kappa shape index (κ2) is 8.97. The first-order valence-corrected chi connectivity index (χ1v) is 10.4. The van der Waals surface area contributed by atoms with Gasteiger partial charge < -0.3 is 25.6 Å². The molecule has 0 spiro atoms. The van der Waals surface area contributed by atoms with E-state index in [1.54, 1.807) is 0 Å². The standard InChI is InChI=1S/C22H16F6N4O5/c23-21(24,25)10-1-8(2-11(6-10)22(26,27)28)3-12-4-9-5-13-15(17(9)32-31-12)18(35)16(20(37)30-13)19(36)29-7-14(33)34/h1-2,5-6,12,30,35,37H,3-4,7H2,(H,29,36)(H,33,34). The molecule has 1 aromatic rings. The second-order valence-electron chi connectivity index (χ2n) is 8.27. The number of hydrogen-bond acceptors (Lipinski definition) is 6. The van der Waals surface area contributed by atoms with Crippen molar-refractivity contribution in [2.24, 2.45) is 10.2 Å². The zero-order valence-electron chi connectivity index (χ0n) is 18.3. The van der Waals surface area contributed by atoms with Gasteiger partial charge in [-0.1, -0.05) is 0 Å². The molecule has 0 fully saturated rings. The summed E-state index contributed by atoms with van der Waals surface area (Å²) in [5, 5.41) is 39.4. The van der Waals surface area contributed by atoms with Crippen LogP contribution < -0.4 is 5.32 Å². The number of benzene rings is 1. The maximum absolute atomic E-state index is 13.2. The highest BCUT2D eigenvalue weighted by Crippen LogP contribution is 2.49. The van der Waals surface area contributed by atoms with Crippen LogP contribution in [0.1, 0.15) is 32.6 Å².